The van der Waals surface area contributed by atoms with Crippen LogP contribution in [0.2, 0.25) is 0 Å². The molecular weight excluding hydrogens is 164 g/mol. The summed E-state index contributed by atoms with van der Waals surface area (Å²) in [4.78, 5) is 22.7. The maximum absolute atomic E-state index is 11.9. The van der Waals surface area contributed by atoms with Crippen LogP contribution < -0.4 is 0 Å². The molecule has 0 N–H and O–H groups in total. The van der Waals surface area contributed by atoms with Crippen molar-refractivity contribution in [2.75, 3.05) is 0 Å². The highest BCUT2D eigenvalue weighted by atomic mass is 16.1. The lowest BCUT2D eigenvalue weighted by molar-refractivity contribution is -0.135. The molecule has 1 saturated carbocycles. The van der Waals surface area contributed by atoms with E-state index in [4.69, 9.17) is 0 Å². The summed E-state index contributed by atoms with van der Waals surface area (Å²) >= 11 is 0. The van der Waals surface area contributed by atoms with Gasteiger partial charge >= 0.3 is 0 Å². The van der Waals surface area contributed by atoms with Gasteiger partial charge in [-0.15, -0.1) is 0 Å². The molecule has 0 spiro atoms. The standard InChI is InChI=1S/C11H18O2/c1-10(2,3)8-5-6-11(4,7-12)9(8)13/h7-8H,5-6H2,1-4H3/t8-,11-/m0/s1. The van der Waals surface area contributed by atoms with Crippen molar-refractivity contribution >= 4 is 12.1 Å². The second-order valence-corrected chi connectivity index (χ2v) is 5.36. The van der Waals surface area contributed by atoms with E-state index in [0.717, 1.165) is 19.1 Å². The van der Waals surface area contributed by atoms with Crippen molar-refractivity contribution in [1.29, 1.82) is 0 Å². The molecule has 0 saturated heterocycles. The molecule has 2 nitrogen and oxygen atoms in total. The Morgan fingerprint density at radius 1 is 1.46 bits per heavy atom. The number of aldehydes is 1. The summed E-state index contributed by atoms with van der Waals surface area (Å²) in [5.41, 5.74) is -0.699. The van der Waals surface area contributed by atoms with E-state index in [1.54, 1.807) is 6.92 Å². The summed E-state index contributed by atoms with van der Waals surface area (Å²) in [6, 6.07) is 0. The van der Waals surface area contributed by atoms with E-state index >= 15 is 0 Å². The van der Waals surface area contributed by atoms with E-state index in [1.807, 2.05) is 0 Å². The fourth-order valence-electron chi connectivity index (χ4n) is 2.04. The zero-order valence-electron chi connectivity index (χ0n) is 8.89. The minimum Gasteiger partial charge on any atom is -0.302 e. The van der Waals surface area contributed by atoms with Gasteiger partial charge < -0.3 is 4.79 Å². The van der Waals surface area contributed by atoms with Gasteiger partial charge in [0, 0.05) is 5.92 Å². The molecular formula is C11H18O2. The minimum atomic E-state index is -0.696. The Morgan fingerprint density at radius 2 is 2.00 bits per heavy atom. The summed E-state index contributed by atoms with van der Waals surface area (Å²) in [6.07, 6.45) is 2.40. The van der Waals surface area contributed by atoms with Crippen LogP contribution in [0, 0.1) is 16.7 Å². The molecule has 1 fully saturated rings. The summed E-state index contributed by atoms with van der Waals surface area (Å²) in [5.74, 6) is 0.192. The molecule has 0 heterocycles. The quantitative estimate of drug-likeness (QED) is 0.460. The summed E-state index contributed by atoms with van der Waals surface area (Å²) in [5, 5.41) is 0. The van der Waals surface area contributed by atoms with E-state index in [-0.39, 0.29) is 17.1 Å². The highest BCUT2D eigenvalue weighted by Crippen LogP contribution is 2.44. The number of rotatable bonds is 1. The predicted octanol–water partition coefficient (Wildman–Crippen LogP) is 2.22. The Morgan fingerprint density at radius 3 is 2.23 bits per heavy atom. The molecule has 0 radical (unpaired) electrons. The van der Waals surface area contributed by atoms with Gasteiger partial charge in [-0.1, -0.05) is 20.8 Å². The molecule has 0 aliphatic heterocycles. The first-order chi connectivity index (χ1) is 5.81. The van der Waals surface area contributed by atoms with Crippen molar-refractivity contribution in [2.45, 2.75) is 40.5 Å². The minimum absolute atomic E-state index is 0.00213. The SMILES string of the molecule is CC(C)(C)[C@H]1CC[C@@](C)(C=O)C1=O. The molecule has 0 bridgehead atoms. The fraction of sp³-hybridized carbons (Fsp3) is 0.818. The zero-order valence-corrected chi connectivity index (χ0v) is 8.89. The number of ketones is 1. The number of hydrogen-bond donors (Lipinski definition) is 0. The van der Waals surface area contributed by atoms with E-state index in [9.17, 15) is 9.59 Å². The van der Waals surface area contributed by atoms with Crippen LogP contribution in [0.1, 0.15) is 40.5 Å². The van der Waals surface area contributed by atoms with Crippen molar-refractivity contribution in [3.8, 4) is 0 Å². The number of carbonyl (C=O) groups is 2. The molecule has 1 aliphatic carbocycles. The smallest absolute Gasteiger partial charge is 0.149 e. The average molecular weight is 182 g/mol. The number of Topliss-reactive ketones (excluding diaryl/α,β-unsaturated/α-hetero) is 1. The van der Waals surface area contributed by atoms with Crippen LogP contribution in [0.5, 0.6) is 0 Å². The molecule has 13 heavy (non-hydrogen) atoms. The van der Waals surface area contributed by atoms with Crippen molar-refractivity contribution in [2.24, 2.45) is 16.7 Å². The van der Waals surface area contributed by atoms with Gasteiger partial charge in [0.15, 0.2) is 0 Å². The molecule has 1 rings (SSSR count). The molecule has 0 aromatic rings. The molecule has 0 aromatic heterocycles. The summed E-state index contributed by atoms with van der Waals surface area (Å²) in [6.45, 7) is 7.94. The summed E-state index contributed by atoms with van der Waals surface area (Å²) < 4.78 is 0. The van der Waals surface area contributed by atoms with Gasteiger partial charge in [0.1, 0.15) is 12.1 Å². The van der Waals surface area contributed by atoms with Gasteiger partial charge in [0.2, 0.25) is 0 Å². The normalized spacial score (nSPS) is 35.1. The third-order valence-corrected chi connectivity index (χ3v) is 3.14. The summed E-state index contributed by atoms with van der Waals surface area (Å²) in [7, 11) is 0. The highest BCUT2D eigenvalue weighted by molar-refractivity contribution is 6.01. The van der Waals surface area contributed by atoms with Crippen molar-refractivity contribution in [3.05, 3.63) is 0 Å². The van der Waals surface area contributed by atoms with Crippen LogP contribution in [0.15, 0.2) is 0 Å². The lowest BCUT2D eigenvalue weighted by Crippen LogP contribution is -2.32. The van der Waals surface area contributed by atoms with E-state index in [0.29, 0.717) is 0 Å². The van der Waals surface area contributed by atoms with Crippen molar-refractivity contribution < 1.29 is 9.59 Å². The van der Waals surface area contributed by atoms with Crippen LogP contribution in [-0.4, -0.2) is 12.1 Å². The third kappa shape index (κ3) is 1.67. The first-order valence-corrected chi connectivity index (χ1v) is 4.82. The Bertz CT molecular complexity index is 237. The molecule has 74 valence electrons. The molecule has 1 aliphatic rings. The molecule has 0 amide bonds. The van der Waals surface area contributed by atoms with Crippen molar-refractivity contribution in [1.82, 2.24) is 0 Å². The lowest BCUT2D eigenvalue weighted by Gasteiger charge is -2.26. The van der Waals surface area contributed by atoms with Gasteiger partial charge in [0.05, 0.1) is 5.41 Å². The monoisotopic (exact) mass is 182 g/mol. The van der Waals surface area contributed by atoms with Gasteiger partial charge in [-0.2, -0.15) is 0 Å². The number of carbonyl (C=O) groups excluding carboxylic acids is 2. The maximum atomic E-state index is 11.9. The Labute approximate surface area is 79.7 Å². The van der Waals surface area contributed by atoms with Crippen molar-refractivity contribution in [3.63, 3.8) is 0 Å². The zero-order chi connectivity index (χ0) is 10.3. The van der Waals surface area contributed by atoms with Gasteiger partial charge in [-0.05, 0) is 25.2 Å². The number of hydrogen-bond acceptors (Lipinski definition) is 2. The maximum Gasteiger partial charge on any atom is 0.149 e. The predicted molar refractivity (Wildman–Crippen MR) is 51.4 cm³/mol. The molecule has 0 aromatic carbocycles. The van der Waals surface area contributed by atoms with Crippen LogP contribution in [0.3, 0.4) is 0 Å². The Hall–Kier alpha value is -0.660. The molecule has 2 heteroatoms. The molecule has 0 unspecified atom stereocenters. The highest BCUT2D eigenvalue weighted by Gasteiger charge is 2.48. The Balaban J connectivity index is 2.89. The van der Waals surface area contributed by atoms with Gasteiger partial charge in [-0.3, -0.25) is 4.79 Å². The van der Waals surface area contributed by atoms with E-state index in [2.05, 4.69) is 20.8 Å². The second kappa shape index (κ2) is 2.93. The molecule has 2 atom stereocenters. The van der Waals surface area contributed by atoms with E-state index in [1.165, 1.54) is 0 Å². The first-order valence-electron chi connectivity index (χ1n) is 4.82. The second-order valence-electron chi connectivity index (χ2n) is 5.36. The van der Waals surface area contributed by atoms with Crippen LogP contribution in [-0.2, 0) is 9.59 Å². The topological polar surface area (TPSA) is 34.1 Å². The van der Waals surface area contributed by atoms with Crippen LogP contribution >= 0.6 is 0 Å². The van der Waals surface area contributed by atoms with Crippen LogP contribution in [0.4, 0.5) is 0 Å². The fourth-order valence-corrected chi connectivity index (χ4v) is 2.04. The van der Waals surface area contributed by atoms with Crippen LogP contribution in [0.25, 0.3) is 0 Å². The Kier molecular flexibility index (Phi) is 2.35. The largest absolute Gasteiger partial charge is 0.302 e. The third-order valence-electron chi connectivity index (χ3n) is 3.14. The first kappa shape index (κ1) is 10.4. The van der Waals surface area contributed by atoms with Gasteiger partial charge in [-0.25, -0.2) is 0 Å². The average Bonchev–Trinajstić information content (AvgIpc) is 2.29. The van der Waals surface area contributed by atoms with E-state index < -0.39 is 5.41 Å². The lowest BCUT2D eigenvalue weighted by atomic mass is 9.76. The van der Waals surface area contributed by atoms with Gasteiger partial charge in [0.25, 0.3) is 0 Å².